The first-order chi connectivity index (χ1) is 14.1. The van der Waals surface area contributed by atoms with Crippen LogP contribution in [-0.4, -0.2) is 39.2 Å². The van der Waals surface area contributed by atoms with Crippen molar-refractivity contribution in [2.45, 2.75) is 24.4 Å². The maximum atomic E-state index is 12.6. The number of amides is 1. The molecule has 150 valence electrons. The Morgan fingerprint density at radius 1 is 1.00 bits per heavy atom. The maximum absolute atomic E-state index is 12.6. The van der Waals surface area contributed by atoms with Crippen LogP contribution in [0.3, 0.4) is 0 Å². The van der Waals surface area contributed by atoms with E-state index < -0.39 is 0 Å². The molecular formula is C22H21Cl2N3OS. The molecule has 0 aliphatic carbocycles. The van der Waals surface area contributed by atoms with Gasteiger partial charge in [0.25, 0.3) is 0 Å². The molecule has 3 aromatic rings. The monoisotopic (exact) mass is 445 g/mol. The number of para-hydroxylation sites is 1. The van der Waals surface area contributed by atoms with Gasteiger partial charge >= 0.3 is 0 Å². The Morgan fingerprint density at radius 2 is 1.76 bits per heavy atom. The number of hydrogen-bond donors (Lipinski definition) is 0. The van der Waals surface area contributed by atoms with E-state index in [4.69, 9.17) is 23.2 Å². The highest BCUT2D eigenvalue weighted by Crippen LogP contribution is 2.33. The number of rotatable bonds is 5. The van der Waals surface area contributed by atoms with Crippen molar-refractivity contribution in [1.29, 1.82) is 0 Å². The molecule has 1 aromatic heterocycles. The van der Waals surface area contributed by atoms with Crippen molar-refractivity contribution < 1.29 is 4.79 Å². The summed E-state index contributed by atoms with van der Waals surface area (Å²) in [6.07, 6.45) is 5.22. The quantitative estimate of drug-likeness (QED) is 0.455. The maximum Gasteiger partial charge on any atom is 0.233 e. The van der Waals surface area contributed by atoms with Crippen LogP contribution in [0.5, 0.6) is 0 Å². The van der Waals surface area contributed by atoms with Gasteiger partial charge in [-0.05, 0) is 43.5 Å². The minimum atomic E-state index is 0.174. The molecular weight excluding hydrogens is 425 g/mol. The van der Waals surface area contributed by atoms with Crippen LogP contribution in [0.1, 0.15) is 19.3 Å². The second kappa shape index (κ2) is 9.24. The second-order valence-corrected chi connectivity index (χ2v) is 8.71. The number of benzene rings is 2. The van der Waals surface area contributed by atoms with Gasteiger partial charge in [0.05, 0.1) is 27.7 Å². The van der Waals surface area contributed by atoms with Gasteiger partial charge in [0.15, 0.2) is 5.16 Å². The molecule has 1 fully saturated rings. The number of halogens is 2. The Balaban J connectivity index is 1.64. The van der Waals surface area contributed by atoms with Crippen molar-refractivity contribution in [1.82, 2.24) is 14.5 Å². The highest BCUT2D eigenvalue weighted by atomic mass is 35.5. The zero-order valence-corrected chi connectivity index (χ0v) is 18.2. The summed E-state index contributed by atoms with van der Waals surface area (Å²) in [5.41, 5.74) is 2.81. The lowest BCUT2D eigenvalue weighted by Gasteiger charge is -2.26. The van der Waals surface area contributed by atoms with Crippen LogP contribution in [0.2, 0.25) is 10.0 Å². The number of likely N-dealkylation sites (tertiary alicyclic amines) is 1. The fourth-order valence-electron chi connectivity index (χ4n) is 3.48. The number of imidazole rings is 1. The van der Waals surface area contributed by atoms with Gasteiger partial charge < -0.3 is 4.90 Å². The topological polar surface area (TPSA) is 38.1 Å². The molecule has 1 saturated heterocycles. The number of aromatic nitrogens is 2. The third-order valence-corrected chi connectivity index (χ3v) is 6.67. The van der Waals surface area contributed by atoms with Crippen molar-refractivity contribution in [3.8, 4) is 16.9 Å². The Hall–Kier alpha value is -1.95. The normalized spacial score (nSPS) is 14.2. The van der Waals surface area contributed by atoms with Crippen LogP contribution in [0.15, 0.2) is 59.9 Å². The van der Waals surface area contributed by atoms with Crippen molar-refractivity contribution in [2.75, 3.05) is 18.8 Å². The molecule has 1 aliphatic heterocycles. The molecule has 4 rings (SSSR count). The lowest BCUT2D eigenvalue weighted by atomic mass is 10.1. The molecule has 0 spiro atoms. The molecule has 7 heteroatoms. The molecule has 2 aromatic carbocycles. The lowest BCUT2D eigenvalue weighted by Crippen LogP contribution is -2.36. The van der Waals surface area contributed by atoms with E-state index >= 15 is 0 Å². The van der Waals surface area contributed by atoms with E-state index in [0.29, 0.717) is 15.8 Å². The van der Waals surface area contributed by atoms with Crippen LogP contribution in [0.25, 0.3) is 16.9 Å². The third kappa shape index (κ3) is 4.63. The van der Waals surface area contributed by atoms with Crippen LogP contribution in [-0.2, 0) is 4.79 Å². The molecule has 0 radical (unpaired) electrons. The van der Waals surface area contributed by atoms with Crippen molar-refractivity contribution in [2.24, 2.45) is 0 Å². The van der Waals surface area contributed by atoms with Crippen LogP contribution in [0.4, 0.5) is 0 Å². The van der Waals surface area contributed by atoms with Gasteiger partial charge in [0.2, 0.25) is 5.91 Å². The number of nitrogens with zero attached hydrogens (tertiary/aromatic N) is 3. The zero-order valence-electron chi connectivity index (χ0n) is 15.9. The van der Waals surface area contributed by atoms with Gasteiger partial charge in [-0.15, -0.1) is 0 Å². The molecule has 0 N–H and O–H groups in total. The molecule has 0 unspecified atom stereocenters. The van der Waals surface area contributed by atoms with E-state index in [0.717, 1.165) is 48.0 Å². The predicted molar refractivity (Wildman–Crippen MR) is 120 cm³/mol. The van der Waals surface area contributed by atoms with Crippen molar-refractivity contribution >= 4 is 40.9 Å². The minimum Gasteiger partial charge on any atom is -0.342 e. The first-order valence-electron chi connectivity index (χ1n) is 9.62. The van der Waals surface area contributed by atoms with Gasteiger partial charge in [0, 0.05) is 24.3 Å². The number of hydrogen-bond acceptors (Lipinski definition) is 3. The summed E-state index contributed by atoms with van der Waals surface area (Å²) in [7, 11) is 0. The van der Waals surface area contributed by atoms with Gasteiger partial charge in [-0.2, -0.15) is 0 Å². The minimum absolute atomic E-state index is 0.174. The fraction of sp³-hybridized carbons (Fsp3) is 0.273. The molecule has 0 atom stereocenters. The summed E-state index contributed by atoms with van der Waals surface area (Å²) in [5.74, 6) is 0.554. The van der Waals surface area contributed by atoms with Gasteiger partial charge in [0.1, 0.15) is 0 Å². The van der Waals surface area contributed by atoms with E-state index in [-0.39, 0.29) is 5.91 Å². The molecule has 4 nitrogen and oxygen atoms in total. The Kier molecular flexibility index (Phi) is 6.48. The SMILES string of the molecule is O=C(CSc1ncc(-c2ccc(Cl)c(Cl)c2)n1-c1ccccc1)N1CCCCC1. The first-order valence-corrected chi connectivity index (χ1v) is 11.4. The predicted octanol–water partition coefficient (Wildman–Crippen LogP) is 5.95. The van der Waals surface area contributed by atoms with Crippen LogP contribution < -0.4 is 0 Å². The summed E-state index contributed by atoms with van der Waals surface area (Å²) < 4.78 is 2.06. The van der Waals surface area contributed by atoms with E-state index in [1.165, 1.54) is 18.2 Å². The number of thioether (sulfide) groups is 1. The molecule has 2 heterocycles. The fourth-order valence-corrected chi connectivity index (χ4v) is 4.68. The number of carbonyl (C=O) groups excluding carboxylic acids is 1. The van der Waals surface area contributed by atoms with Gasteiger partial charge in [-0.25, -0.2) is 4.98 Å². The summed E-state index contributed by atoms with van der Waals surface area (Å²) in [6, 6.07) is 15.6. The highest BCUT2D eigenvalue weighted by molar-refractivity contribution is 7.99. The van der Waals surface area contributed by atoms with Crippen LogP contribution >= 0.6 is 35.0 Å². The molecule has 1 aliphatic rings. The standard InChI is InChI=1S/C22H21Cl2N3OS/c23-18-10-9-16(13-19(18)24)20-14-25-22(27(20)17-7-3-1-4-8-17)29-15-21(28)26-11-5-2-6-12-26/h1,3-4,7-10,13-14H,2,5-6,11-12,15H2. The van der Waals surface area contributed by atoms with Gasteiger partial charge in [-0.1, -0.05) is 59.2 Å². The van der Waals surface area contributed by atoms with E-state index in [1.54, 1.807) is 6.07 Å². The molecule has 29 heavy (non-hydrogen) atoms. The molecule has 1 amide bonds. The molecule has 0 bridgehead atoms. The van der Waals surface area contributed by atoms with E-state index in [9.17, 15) is 4.79 Å². The van der Waals surface area contributed by atoms with Crippen LogP contribution in [0, 0.1) is 0 Å². The number of piperidine rings is 1. The summed E-state index contributed by atoms with van der Waals surface area (Å²) in [4.78, 5) is 19.2. The largest absolute Gasteiger partial charge is 0.342 e. The summed E-state index contributed by atoms with van der Waals surface area (Å²) >= 11 is 13.8. The Labute approximate surface area is 184 Å². The van der Waals surface area contributed by atoms with Gasteiger partial charge in [-0.3, -0.25) is 9.36 Å². The zero-order chi connectivity index (χ0) is 20.2. The van der Waals surface area contributed by atoms with E-state index in [1.807, 2.05) is 53.6 Å². The summed E-state index contributed by atoms with van der Waals surface area (Å²) in [6.45, 7) is 1.72. The average molecular weight is 446 g/mol. The first kappa shape index (κ1) is 20.3. The second-order valence-electron chi connectivity index (χ2n) is 6.96. The lowest BCUT2D eigenvalue weighted by molar-refractivity contribution is -0.129. The smallest absolute Gasteiger partial charge is 0.233 e. The average Bonchev–Trinajstić information content (AvgIpc) is 3.19. The Morgan fingerprint density at radius 3 is 2.48 bits per heavy atom. The molecule has 0 saturated carbocycles. The Bertz CT molecular complexity index is 1000. The highest BCUT2D eigenvalue weighted by Gasteiger charge is 2.20. The number of carbonyl (C=O) groups is 1. The van der Waals surface area contributed by atoms with Crippen molar-refractivity contribution in [3.63, 3.8) is 0 Å². The third-order valence-electron chi connectivity index (χ3n) is 4.99. The van der Waals surface area contributed by atoms with E-state index in [2.05, 4.69) is 9.55 Å². The van der Waals surface area contributed by atoms with Crippen molar-refractivity contribution in [3.05, 3.63) is 64.8 Å². The summed E-state index contributed by atoms with van der Waals surface area (Å²) in [5, 5.41) is 1.80.